The summed E-state index contributed by atoms with van der Waals surface area (Å²) in [7, 11) is 0. The number of nitrogens with two attached hydrogens (primary N) is 1. The zero-order valence-electron chi connectivity index (χ0n) is 10.1. The topological polar surface area (TPSA) is 48.1 Å². The van der Waals surface area contributed by atoms with Gasteiger partial charge in [0.25, 0.3) is 0 Å². The first-order chi connectivity index (χ1) is 8.65. The van der Waals surface area contributed by atoms with Crippen molar-refractivity contribution in [2.75, 3.05) is 0 Å². The highest BCUT2D eigenvalue weighted by Crippen LogP contribution is 2.15. The van der Waals surface area contributed by atoms with E-state index in [4.69, 9.17) is 10.5 Å². The van der Waals surface area contributed by atoms with Crippen LogP contribution in [0.2, 0.25) is 0 Å². The van der Waals surface area contributed by atoms with Crippen molar-refractivity contribution in [2.45, 2.75) is 19.6 Å². The van der Waals surface area contributed by atoms with Crippen LogP contribution in [0, 0.1) is 0 Å². The maximum absolute atomic E-state index is 5.74. The Hall–Kier alpha value is -1.39. The van der Waals surface area contributed by atoms with Crippen molar-refractivity contribution in [1.82, 2.24) is 4.98 Å². The number of nitrogens with zero attached hydrogens (tertiary/aromatic N) is 1. The molecular weight excluding hydrogens is 292 g/mol. The minimum Gasteiger partial charge on any atom is -0.487 e. The molecule has 2 rings (SSSR count). The van der Waals surface area contributed by atoms with E-state index < -0.39 is 0 Å². The van der Waals surface area contributed by atoms with Gasteiger partial charge in [0.05, 0.1) is 11.9 Å². The molecule has 1 aromatic heterocycles. The second-order valence-corrected chi connectivity index (χ2v) is 5.04. The fraction of sp³-hybridized carbons (Fsp3) is 0.214. The maximum Gasteiger partial charge on any atom is 0.138 e. The molecule has 1 aromatic carbocycles. The lowest BCUT2D eigenvalue weighted by Gasteiger charge is -2.08. The summed E-state index contributed by atoms with van der Waals surface area (Å²) in [6, 6.07) is 11.8. The molecule has 0 spiro atoms. The number of hydrogen-bond donors (Lipinski definition) is 1. The first-order valence-corrected chi connectivity index (χ1v) is 6.53. The summed E-state index contributed by atoms with van der Waals surface area (Å²) in [6.45, 7) is 2.44. The summed E-state index contributed by atoms with van der Waals surface area (Å²) in [6.07, 6.45) is 1.71. The zero-order valence-corrected chi connectivity index (χ0v) is 11.7. The van der Waals surface area contributed by atoms with E-state index in [9.17, 15) is 0 Å². The van der Waals surface area contributed by atoms with Crippen LogP contribution >= 0.6 is 15.9 Å². The van der Waals surface area contributed by atoms with E-state index in [0.717, 1.165) is 21.5 Å². The molecule has 0 radical (unpaired) electrons. The Kier molecular flexibility index (Phi) is 4.33. The molecule has 1 unspecified atom stereocenters. The fourth-order valence-electron chi connectivity index (χ4n) is 1.49. The number of rotatable bonds is 4. The maximum atomic E-state index is 5.74. The highest BCUT2D eigenvalue weighted by Gasteiger charge is 2.01. The zero-order chi connectivity index (χ0) is 13.0. The van der Waals surface area contributed by atoms with Gasteiger partial charge in [0.15, 0.2) is 0 Å². The lowest BCUT2D eigenvalue weighted by atomic mass is 10.2. The molecule has 1 heterocycles. The Labute approximate surface area is 115 Å². The molecule has 0 aliphatic rings. The Balaban J connectivity index is 1.95. The van der Waals surface area contributed by atoms with Gasteiger partial charge in [-0.25, -0.2) is 0 Å². The fourth-order valence-corrected chi connectivity index (χ4v) is 1.76. The molecule has 0 saturated heterocycles. The first kappa shape index (κ1) is 13.1. The molecule has 2 N–H and O–H groups in total. The highest BCUT2D eigenvalue weighted by molar-refractivity contribution is 9.10. The second kappa shape index (κ2) is 5.98. The standard InChI is InChI=1S/C14H15BrN2O/c1-10(16)14-7-6-13(8-17-14)18-9-11-2-4-12(15)5-3-11/h2-8,10H,9,16H2,1H3. The van der Waals surface area contributed by atoms with Gasteiger partial charge in [0.1, 0.15) is 12.4 Å². The highest BCUT2D eigenvalue weighted by atomic mass is 79.9. The molecule has 2 aromatic rings. The third-order valence-electron chi connectivity index (χ3n) is 2.54. The Bertz CT molecular complexity index is 494. The van der Waals surface area contributed by atoms with E-state index in [1.165, 1.54) is 0 Å². The van der Waals surface area contributed by atoms with Crippen molar-refractivity contribution in [2.24, 2.45) is 5.73 Å². The molecule has 94 valence electrons. The van der Waals surface area contributed by atoms with Gasteiger partial charge in [-0.3, -0.25) is 4.98 Å². The number of benzene rings is 1. The van der Waals surface area contributed by atoms with Crippen molar-refractivity contribution in [3.63, 3.8) is 0 Å². The predicted octanol–water partition coefficient (Wildman–Crippen LogP) is 3.44. The number of pyridine rings is 1. The molecule has 1 atom stereocenters. The van der Waals surface area contributed by atoms with Gasteiger partial charge in [-0.05, 0) is 36.8 Å². The number of aromatic nitrogens is 1. The normalized spacial score (nSPS) is 12.2. The summed E-state index contributed by atoms with van der Waals surface area (Å²) in [5.74, 6) is 0.752. The quantitative estimate of drug-likeness (QED) is 0.941. The second-order valence-electron chi connectivity index (χ2n) is 4.12. The Morgan fingerprint density at radius 2 is 1.94 bits per heavy atom. The Morgan fingerprint density at radius 1 is 1.22 bits per heavy atom. The summed E-state index contributed by atoms with van der Waals surface area (Å²) < 4.78 is 6.71. The largest absolute Gasteiger partial charge is 0.487 e. The molecule has 0 saturated carbocycles. The molecule has 4 heteroatoms. The lowest BCUT2D eigenvalue weighted by molar-refractivity contribution is 0.304. The van der Waals surface area contributed by atoms with Crippen LogP contribution in [0.4, 0.5) is 0 Å². The van der Waals surface area contributed by atoms with Gasteiger partial charge in [-0.15, -0.1) is 0 Å². The summed E-state index contributed by atoms with van der Waals surface area (Å²) in [4.78, 5) is 4.25. The molecule has 0 aliphatic carbocycles. The smallest absolute Gasteiger partial charge is 0.138 e. The Morgan fingerprint density at radius 3 is 2.50 bits per heavy atom. The van der Waals surface area contributed by atoms with Crippen molar-refractivity contribution >= 4 is 15.9 Å². The van der Waals surface area contributed by atoms with Crippen LogP contribution in [0.15, 0.2) is 47.1 Å². The molecule has 0 fully saturated rings. The van der Waals surface area contributed by atoms with E-state index >= 15 is 0 Å². The molecule has 0 amide bonds. The van der Waals surface area contributed by atoms with Crippen LogP contribution in [0.25, 0.3) is 0 Å². The van der Waals surface area contributed by atoms with E-state index in [2.05, 4.69) is 20.9 Å². The third-order valence-corrected chi connectivity index (χ3v) is 3.07. The van der Waals surface area contributed by atoms with Crippen LogP contribution in [-0.2, 0) is 6.61 Å². The summed E-state index contributed by atoms with van der Waals surface area (Å²) >= 11 is 3.40. The average Bonchev–Trinajstić information content (AvgIpc) is 2.38. The molecule has 18 heavy (non-hydrogen) atoms. The number of hydrogen-bond acceptors (Lipinski definition) is 3. The molecule has 0 aliphatic heterocycles. The van der Waals surface area contributed by atoms with Crippen LogP contribution < -0.4 is 10.5 Å². The molecular formula is C14H15BrN2O. The van der Waals surface area contributed by atoms with Gasteiger partial charge in [0, 0.05) is 10.5 Å². The number of halogens is 1. The van der Waals surface area contributed by atoms with Gasteiger partial charge in [0.2, 0.25) is 0 Å². The SMILES string of the molecule is CC(N)c1ccc(OCc2ccc(Br)cc2)cn1. The predicted molar refractivity (Wildman–Crippen MR) is 75.3 cm³/mol. The number of ether oxygens (including phenoxy) is 1. The van der Waals surface area contributed by atoms with Gasteiger partial charge >= 0.3 is 0 Å². The van der Waals surface area contributed by atoms with Gasteiger partial charge in [-0.2, -0.15) is 0 Å². The lowest BCUT2D eigenvalue weighted by Crippen LogP contribution is -2.07. The first-order valence-electron chi connectivity index (χ1n) is 5.74. The van der Waals surface area contributed by atoms with E-state index in [0.29, 0.717) is 6.61 Å². The van der Waals surface area contributed by atoms with Crippen LogP contribution in [0.1, 0.15) is 24.2 Å². The minimum absolute atomic E-state index is 0.0504. The van der Waals surface area contributed by atoms with E-state index in [1.54, 1.807) is 6.20 Å². The van der Waals surface area contributed by atoms with Gasteiger partial charge < -0.3 is 10.5 Å². The summed E-state index contributed by atoms with van der Waals surface area (Å²) in [5.41, 5.74) is 7.72. The monoisotopic (exact) mass is 306 g/mol. The summed E-state index contributed by atoms with van der Waals surface area (Å²) in [5, 5.41) is 0. The van der Waals surface area contributed by atoms with E-state index in [1.807, 2.05) is 43.3 Å². The van der Waals surface area contributed by atoms with Gasteiger partial charge in [-0.1, -0.05) is 28.1 Å². The van der Waals surface area contributed by atoms with Crippen molar-refractivity contribution < 1.29 is 4.74 Å². The van der Waals surface area contributed by atoms with Crippen molar-refractivity contribution in [3.8, 4) is 5.75 Å². The molecule has 3 nitrogen and oxygen atoms in total. The van der Waals surface area contributed by atoms with E-state index in [-0.39, 0.29) is 6.04 Å². The average molecular weight is 307 g/mol. The van der Waals surface area contributed by atoms with Crippen LogP contribution in [-0.4, -0.2) is 4.98 Å². The molecule has 0 bridgehead atoms. The van der Waals surface area contributed by atoms with Crippen molar-refractivity contribution in [3.05, 3.63) is 58.3 Å². The third kappa shape index (κ3) is 3.55. The van der Waals surface area contributed by atoms with Crippen LogP contribution in [0.3, 0.4) is 0 Å². The van der Waals surface area contributed by atoms with Crippen LogP contribution in [0.5, 0.6) is 5.75 Å². The minimum atomic E-state index is -0.0504. The van der Waals surface area contributed by atoms with Crippen molar-refractivity contribution in [1.29, 1.82) is 0 Å².